The molecule has 0 aromatic carbocycles. The van der Waals surface area contributed by atoms with Crippen LogP contribution in [0.15, 0.2) is 0 Å². The average molecular weight is 160 g/mol. The van der Waals surface area contributed by atoms with Crippen molar-refractivity contribution in [2.45, 2.75) is 39.8 Å². The van der Waals surface area contributed by atoms with E-state index in [1.54, 1.807) is 0 Å². The fourth-order valence-electron chi connectivity index (χ4n) is 1.05. The zero-order chi connectivity index (χ0) is 7.98. The Morgan fingerprint density at radius 3 is 2.40 bits per heavy atom. The highest BCUT2D eigenvalue weighted by Crippen LogP contribution is 2.05. The zero-order valence-electron chi connectivity index (χ0n) is 7.68. The minimum Gasteiger partial charge on any atom is -0.420 e. The lowest BCUT2D eigenvalue weighted by Gasteiger charge is -2.12. The van der Waals surface area contributed by atoms with E-state index in [0.29, 0.717) is 0 Å². The molecule has 0 aromatic heterocycles. The zero-order valence-corrected chi connectivity index (χ0v) is 8.84. The molecule has 0 radical (unpaired) electrons. The highest BCUT2D eigenvalue weighted by Gasteiger charge is 2.05. The molecular weight excluding hydrogens is 140 g/mol. The molecule has 0 aliphatic rings. The van der Waals surface area contributed by atoms with Gasteiger partial charge in [-0.2, -0.15) is 0 Å². The summed E-state index contributed by atoms with van der Waals surface area (Å²) in [5, 5.41) is 0. The van der Waals surface area contributed by atoms with Gasteiger partial charge in [0, 0.05) is 6.61 Å². The van der Waals surface area contributed by atoms with Crippen LogP contribution in [0, 0.1) is 5.92 Å². The smallest absolute Gasteiger partial charge is 0.174 e. The molecule has 0 fully saturated rings. The Balaban J connectivity index is 3.16. The SMILES string of the molecule is CCCO[SiH](C)CC(C)C. The summed E-state index contributed by atoms with van der Waals surface area (Å²) in [5.74, 6) is 0.818. The Morgan fingerprint density at radius 2 is 2.00 bits per heavy atom. The van der Waals surface area contributed by atoms with Crippen LogP contribution in [-0.2, 0) is 4.43 Å². The number of hydrogen-bond acceptors (Lipinski definition) is 1. The van der Waals surface area contributed by atoms with Gasteiger partial charge in [0.25, 0.3) is 0 Å². The summed E-state index contributed by atoms with van der Waals surface area (Å²) >= 11 is 0. The third-order valence-electron chi connectivity index (χ3n) is 1.41. The van der Waals surface area contributed by atoms with Gasteiger partial charge in [-0.25, -0.2) is 0 Å². The second-order valence-corrected chi connectivity index (χ2v) is 5.74. The van der Waals surface area contributed by atoms with Gasteiger partial charge in [0.1, 0.15) is 0 Å². The fraction of sp³-hybridized carbons (Fsp3) is 1.00. The van der Waals surface area contributed by atoms with Crippen molar-refractivity contribution in [3.63, 3.8) is 0 Å². The molecule has 0 rings (SSSR count). The van der Waals surface area contributed by atoms with Crippen molar-refractivity contribution in [3.05, 3.63) is 0 Å². The quantitative estimate of drug-likeness (QED) is 0.561. The Morgan fingerprint density at radius 1 is 1.40 bits per heavy atom. The van der Waals surface area contributed by atoms with E-state index in [0.717, 1.165) is 18.9 Å². The normalized spacial score (nSPS) is 14.1. The van der Waals surface area contributed by atoms with Gasteiger partial charge in [-0.1, -0.05) is 20.8 Å². The molecule has 1 unspecified atom stereocenters. The van der Waals surface area contributed by atoms with E-state index in [9.17, 15) is 0 Å². The second-order valence-electron chi connectivity index (χ2n) is 3.31. The van der Waals surface area contributed by atoms with Crippen molar-refractivity contribution >= 4 is 9.04 Å². The summed E-state index contributed by atoms with van der Waals surface area (Å²) in [4.78, 5) is 0. The fourth-order valence-corrected chi connectivity index (χ4v) is 3.15. The standard InChI is InChI=1S/C8H20OSi/c1-5-6-9-10(4)7-8(2)3/h8,10H,5-7H2,1-4H3. The first-order chi connectivity index (χ1) is 4.66. The molecule has 0 aliphatic heterocycles. The van der Waals surface area contributed by atoms with Crippen LogP contribution < -0.4 is 0 Å². The first-order valence-electron chi connectivity index (χ1n) is 4.28. The van der Waals surface area contributed by atoms with E-state index in [-0.39, 0.29) is 0 Å². The molecule has 0 aromatic rings. The van der Waals surface area contributed by atoms with Crippen LogP contribution in [0.3, 0.4) is 0 Å². The summed E-state index contributed by atoms with van der Waals surface area (Å²) in [6.07, 6.45) is 1.16. The lowest BCUT2D eigenvalue weighted by atomic mass is 10.3. The second kappa shape index (κ2) is 5.92. The lowest BCUT2D eigenvalue weighted by Crippen LogP contribution is -2.15. The van der Waals surface area contributed by atoms with E-state index in [1.807, 2.05) is 0 Å². The Labute approximate surface area is 66.5 Å². The van der Waals surface area contributed by atoms with Gasteiger partial charge < -0.3 is 4.43 Å². The summed E-state index contributed by atoms with van der Waals surface area (Å²) in [6, 6.07) is 1.32. The molecule has 2 heteroatoms. The Bertz CT molecular complexity index is 73.7. The van der Waals surface area contributed by atoms with E-state index in [2.05, 4.69) is 27.3 Å². The van der Waals surface area contributed by atoms with E-state index < -0.39 is 9.04 Å². The topological polar surface area (TPSA) is 9.23 Å². The van der Waals surface area contributed by atoms with Crippen molar-refractivity contribution in [2.24, 2.45) is 5.92 Å². The Kier molecular flexibility index (Phi) is 6.03. The summed E-state index contributed by atoms with van der Waals surface area (Å²) in [7, 11) is -0.778. The molecule has 1 nitrogen and oxygen atoms in total. The first kappa shape index (κ1) is 10.2. The minimum atomic E-state index is -0.778. The maximum Gasteiger partial charge on any atom is 0.174 e. The van der Waals surface area contributed by atoms with Crippen molar-refractivity contribution in [1.82, 2.24) is 0 Å². The predicted octanol–water partition coefficient (Wildman–Crippen LogP) is 2.42. The molecule has 0 saturated heterocycles. The lowest BCUT2D eigenvalue weighted by molar-refractivity contribution is 0.318. The first-order valence-corrected chi connectivity index (χ1v) is 6.72. The van der Waals surface area contributed by atoms with Gasteiger partial charge in [-0.05, 0) is 24.9 Å². The monoisotopic (exact) mass is 160 g/mol. The van der Waals surface area contributed by atoms with E-state index in [1.165, 1.54) is 6.04 Å². The molecule has 62 valence electrons. The molecular formula is C8H20OSi. The van der Waals surface area contributed by atoms with Crippen LogP contribution in [0.5, 0.6) is 0 Å². The van der Waals surface area contributed by atoms with Gasteiger partial charge in [0.05, 0.1) is 0 Å². The molecule has 0 N–H and O–H groups in total. The van der Waals surface area contributed by atoms with Crippen LogP contribution in [0.1, 0.15) is 27.2 Å². The van der Waals surface area contributed by atoms with Gasteiger partial charge in [-0.15, -0.1) is 0 Å². The maximum atomic E-state index is 5.64. The maximum absolute atomic E-state index is 5.64. The predicted molar refractivity (Wildman–Crippen MR) is 48.9 cm³/mol. The van der Waals surface area contributed by atoms with Crippen molar-refractivity contribution in [3.8, 4) is 0 Å². The highest BCUT2D eigenvalue weighted by atomic mass is 28.3. The molecule has 10 heavy (non-hydrogen) atoms. The summed E-state index contributed by atoms with van der Waals surface area (Å²) in [6.45, 7) is 9.95. The largest absolute Gasteiger partial charge is 0.420 e. The molecule has 0 spiro atoms. The molecule has 0 saturated carbocycles. The van der Waals surface area contributed by atoms with E-state index in [4.69, 9.17) is 4.43 Å². The molecule has 0 amide bonds. The van der Waals surface area contributed by atoms with Gasteiger partial charge >= 0.3 is 0 Å². The molecule has 0 aliphatic carbocycles. The van der Waals surface area contributed by atoms with Crippen LogP contribution in [0.4, 0.5) is 0 Å². The Hall–Kier alpha value is 0.177. The van der Waals surface area contributed by atoms with Crippen LogP contribution in [-0.4, -0.2) is 15.6 Å². The molecule has 1 atom stereocenters. The molecule has 0 heterocycles. The van der Waals surface area contributed by atoms with Crippen LogP contribution in [0.25, 0.3) is 0 Å². The summed E-state index contributed by atoms with van der Waals surface area (Å²) < 4.78 is 5.64. The summed E-state index contributed by atoms with van der Waals surface area (Å²) in [5.41, 5.74) is 0. The average Bonchev–Trinajstić information content (AvgIpc) is 1.82. The third-order valence-corrected chi connectivity index (χ3v) is 3.82. The van der Waals surface area contributed by atoms with Gasteiger partial charge in [0.2, 0.25) is 0 Å². The van der Waals surface area contributed by atoms with Crippen LogP contribution in [0.2, 0.25) is 12.6 Å². The van der Waals surface area contributed by atoms with Gasteiger partial charge in [0.15, 0.2) is 9.04 Å². The number of hydrogen-bond donors (Lipinski definition) is 0. The van der Waals surface area contributed by atoms with Crippen LogP contribution >= 0.6 is 0 Å². The van der Waals surface area contributed by atoms with Crippen molar-refractivity contribution in [2.75, 3.05) is 6.61 Å². The number of rotatable bonds is 5. The van der Waals surface area contributed by atoms with Crippen molar-refractivity contribution < 1.29 is 4.43 Å². The minimum absolute atomic E-state index is 0.778. The van der Waals surface area contributed by atoms with Crippen molar-refractivity contribution in [1.29, 1.82) is 0 Å². The third kappa shape index (κ3) is 6.30. The highest BCUT2D eigenvalue weighted by molar-refractivity contribution is 6.50. The van der Waals surface area contributed by atoms with Gasteiger partial charge in [-0.3, -0.25) is 0 Å². The van der Waals surface area contributed by atoms with E-state index >= 15 is 0 Å². The molecule has 0 bridgehead atoms.